The van der Waals surface area contributed by atoms with E-state index >= 15 is 0 Å². The van der Waals surface area contributed by atoms with Gasteiger partial charge in [-0.15, -0.1) is 0 Å². The summed E-state index contributed by atoms with van der Waals surface area (Å²) in [6.07, 6.45) is -0.361. The van der Waals surface area contributed by atoms with Crippen LogP contribution in [0.3, 0.4) is 0 Å². The molecule has 9 heavy (non-hydrogen) atoms. The van der Waals surface area contributed by atoms with Crippen LogP contribution in [0.5, 0.6) is 0 Å². The third-order valence-corrected chi connectivity index (χ3v) is 0.400. The van der Waals surface area contributed by atoms with E-state index in [-0.39, 0.29) is 52.3 Å². The first-order valence-electron chi connectivity index (χ1n) is 1.84. The number of carboxylic acids is 1. The Morgan fingerprint density at radius 3 is 1.78 bits per heavy atom. The van der Waals surface area contributed by atoms with E-state index in [4.69, 9.17) is 5.11 Å². The average molecular weight is 206 g/mol. The van der Waals surface area contributed by atoms with E-state index in [1.165, 1.54) is 6.92 Å². The van der Waals surface area contributed by atoms with Gasteiger partial charge >= 0.3 is 5.97 Å². The van der Waals surface area contributed by atoms with Gasteiger partial charge in [0, 0.05) is 32.7 Å². The minimum absolute atomic E-state index is 0. The fourth-order valence-corrected chi connectivity index (χ4v) is 0.213. The quantitative estimate of drug-likeness (QED) is 0.528. The van der Waals surface area contributed by atoms with Crippen molar-refractivity contribution in [2.45, 2.75) is 13.3 Å². The van der Waals surface area contributed by atoms with Crippen LogP contribution < -0.4 is 0 Å². The zero-order chi connectivity index (χ0) is 5.86. The molecule has 3 nitrogen and oxygen atoms in total. The molecule has 0 aromatic carbocycles. The summed E-state index contributed by atoms with van der Waals surface area (Å²) in [7, 11) is 0. The summed E-state index contributed by atoms with van der Waals surface area (Å²) in [6.45, 7) is 1.24. The number of ketones is 1. The molecule has 0 heterocycles. The molecule has 0 aromatic heterocycles. The van der Waals surface area contributed by atoms with Crippen LogP contribution in [0, 0.1) is 7.43 Å². The monoisotopic (exact) mass is 206 g/mol. The van der Waals surface area contributed by atoms with E-state index in [1.54, 1.807) is 0 Å². The number of carbonyl (C=O) groups excluding carboxylic acids is 1. The first kappa shape index (κ1) is 16.1. The molecule has 4 heteroatoms. The van der Waals surface area contributed by atoms with E-state index in [9.17, 15) is 9.59 Å². The molecule has 0 spiro atoms. The van der Waals surface area contributed by atoms with Crippen molar-refractivity contribution in [3.05, 3.63) is 7.43 Å². The number of hydrogen-bond donors (Lipinski definition) is 1. The molecule has 0 atom stereocenters. The van der Waals surface area contributed by atoms with Gasteiger partial charge in [0.1, 0.15) is 12.2 Å². The average Bonchev–Trinajstić information content (AvgIpc) is 1.27. The van der Waals surface area contributed by atoms with Crippen molar-refractivity contribution in [3.8, 4) is 0 Å². The number of carboxylic acid groups (broad SMARTS) is 1. The second kappa shape index (κ2) is 8.24. The van der Waals surface area contributed by atoms with Gasteiger partial charge in [0.15, 0.2) is 0 Å². The smallest absolute Gasteiger partial charge is 0.310 e. The van der Waals surface area contributed by atoms with Crippen LogP contribution in [0.4, 0.5) is 0 Å². The van der Waals surface area contributed by atoms with Gasteiger partial charge in [-0.1, -0.05) is 0 Å². The zero-order valence-corrected chi connectivity index (χ0v) is 8.39. The molecule has 0 bridgehead atoms. The largest absolute Gasteiger partial charge is 0.481 e. The Labute approximate surface area is 79.7 Å². The maximum atomic E-state index is 9.87. The van der Waals surface area contributed by atoms with Gasteiger partial charge in [-0.25, -0.2) is 0 Å². The van der Waals surface area contributed by atoms with Crippen molar-refractivity contribution in [2.75, 3.05) is 0 Å². The summed E-state index contributed by atoms with van der Waals surface area (Å²) >= 11 is 0. The molecule has 0 unspecified atom stereocenters. The molecule has 0 aliphatic carbocycles. The van der Waals surface area contributed by atoms with E-state index in [0.717, 1.165) is 0 Å². The Morgan fingerprint density at radius 1 is 1.44 bits per heavy atom. The van der Waals surface area contributed by atoms with Gasteiger partial charge in [-0.2, -0.15) is 0 Å². The fraction of sp³-hybridized carbons (Fsp3) is 0.400. The van der Waals surface area contributed by atoms with Crippen LogP contribution in [-0.2, 0) is 42.3 Å². The van der Waals surface area contributed by atoms with Gasteiger partial charge in [0.2, 0.25) is 0 Å². The number of Topliss-reactive ketones (excluding diaryl/α,β-unsaturated/α-hetero) is 1. The summed E-state index contributed by atoms with van der Waals surface area (Å²) in [4.78, 5) is 19.5. The van der Waals surface area contributed by atoms with Crippen LogP contribution in [0.1, 0.15) is 13.3 Å². The Hall–Kier alpha value is 0.244. The van der Waals surface area contributed by atoms with Crippen molar-refractivity contribution < 1.29 is 47.4 Å². The minimum Gasteiger partial charge on any atom is -0.481 e. The number of aliphatic carboxylic acids is 1. The standard InChI is InChI=1S/C4H6O3.CH3.Y/c1-3(5)2-4(6)7;;/h2H2,1H3,(H,6,7);1H3;/q;-1;. The Balaban J connectivity index is -0.000000180. The van der Waals surface area contributed by atoms with Crippen LogP contribution in [0.15, 0.2) is 0 Å². The molecule has 0 amide bonds. The normalized spacial score (nSPS) is 6.33. The van der Waals surface area contributed by atoms with E-state index in [1.807, 2.05) is 0 Å². The molecule has 0 aromatic rings. The molecule has 0 saturated carbocycles. The first-order valence-corrected chi connectivity index (χ1v) is 1.84. The minimum atomic E-state index is -1.06. The summed E-state index contributed by atoms with van der Waals surface area (Å²) in [5.74, 6) is -1.37. The summed E-state index contributed by atoms with van der Waals surface area (Å²) in [5, 5.41) is 7.86. The predicted octanol–water partition coefficient (Wildman–Crippen LogP) is 0.498. The number of rotatable bonds is 2. The van der Waals surface area contributed by atoms with E-state index < -0.39 is 5.97 Å². The molecule has 51 valence electrons. The predicted molar refractivity (Wildman–Crippen MR) is 29.3 cm³/mol. The zero-order valence-electron chi connectivity index (χ0n) is 5.55. The van der Waals surface area contributed by atoms with Crippen molar-refractivity contribution in [3.63, 3.8) is 0 Å². The SMILES string of the molecule is CC(=O)CC(=O)O.[CH3-].[Y]. The molecular weight excluding hydrogens is 197 g/mol. The molecule has 0 fully saturated rings. The molecule has 0 saturated heterocycles. The molecule has 1 radical (unpaired) electrons. The molecular formula is C5H9O3Y-. The third-order valence-electron chi connectivity index (χ3n) is 0.400. The number of carbonyl (C=O) groups is 2. The van der Waals surface area contributed by atoms with E-state index in [0.29, 0.717) is 0 Å². The van der Waals surface area contributed by atoms with Crippen LogP contribution in [-0.4, -0.2) is 16.9 Å². The second-order valence-electron chi connectivity index (χ2n) is 1.27. The summed E-state index contributed by atoms with van der Waals surface area (Å²) in [6, 6.07) is 0. The van der Waals surface area contributed by atoms with E-state index in [2.05, 4.69) is 0 Å². The topological polar surface area (TPSA) is 54.4 Å². The van der Waals surface area contributed by atoms with Crippen LogP contribution >= 0.6 is 0 Å². The summed E-state index contributed by atoms with van der Waals surface area (Å²) in [5.41, 5.74) is 0. The van der Waals surface area contributed by atoms with Crippen molar-refractivity contribution in [2.24, 2.45) is 0 Å². The fourth-order valence-electron chi connectivity index (χ4n) is 0.213. The molecule has 0 aliphatic heterocycles. The van der Waals surface area contributed by atoms with Crippen molar-refractivity contribution in [1.82, 2.24) is 0 Å². The Morgan fingerprint density at radius 2 is 1.78 bits per heavy atom. The Kier molecular flexibility index (Phi) is 14.8. The molecule has 1 N–H and O–H groups in total. The van der Waals surface area contributed by atoms with Crippen molar-refractivity contribution in [1.29, 1.82) is 0 Å². The molecule has 0 rings (SSSR count). The number of hydrogen-bond acceptors (Lipinski definition) is 2. The maximum absolute atomic E-state index is 9.87. The summed E-state index contributed by atoms with van der Waals surface area (Å²) < 4.78 is 0. The van der Waals surface area contributed by atoms with Gasteiger partial charge < -0.3 is 12.5 Å². The Bertz CT molecular complexity index is 88.4. The van der Waals surface area contributed by atoms with Gasteiger partial charge in [0.05, 0.1) is 0 Å². The van der Waals surface area contributed by atoms with Gasteiger partial charge in [0.25, 0.3) is 0 Å². The third kappa shape index (κ3) is 17.8. The van der Waals surface area contributed by atoms with Crippen molar-refractivity contribution >= 4 is 11.8 Å². The van der Waals surface area contributed by atoms with Crippen LogP contribution in [0.25, 0.3) is 0 Å². The maximum Gasteiger partial charge on any atom is 0.310 e. The second-order valence-corrected chi connectivity index (χ2v) is 1.27. The molecule has 0 aliphatic rings. The first-order chi connectivity index (χ1) is 3.13. The van der Waals surface area contributed by atoms with Gasteiger partial charge in [-0.3, -0.25) is 9.59 Å². The van der Waals surface area contributed by atoms with Gasteiger partial charge in [-0.05, 0) is 6.92 Å². The van der Waals surface area contributed by atoms with Crippen LogP contribution in [0.2, 0.25) is 0 Å².